The molecule has 2 heterocycles. The lowest BCUT2D eigenvalue weighted by Gasteiger charge is -2.25. The van der Waals surface area contributed by atoms with Crippen molar-refractivity contribution in [1.29, 1.82) is 0 Å². The van der Waals surface area contributed by atoms with Gasteiger partial charge in [-0.1, -0.05) is 53.2 Å². The maximum Gasteiger partial charge on any atom is 0.233 e. The molecule has 0 radical (unpaired) electrons. The van der Waals surface area contributed by atoms with Crippen molar-refractivity contribution < 1.29 is 14.3 Å². The maximum absolute atomic E-state index is 12.8. The van der Waals surface area contributed by atoms with E-state index in [1.54, 1.807) is 12.1 Å². The molecule has 168 valence electrons. The molecule has 3 atom stereocenters. The second-order valence-corrected chi connectivity index (χ2v) is 9.57. The van der Waals surface area contributed by atoms with Crippen LogP contribution < -0.4 is 14.8 Å². The number of fused-ring (bicyclic) bond motifs is 1. The fraction of sp³-hybridized carbons (Fsp3) is 0.318. The van der Waals surface area contributed by atoms with Crippen molar-refractivity contribution in [1.82, 2.24) is 20.1 Å². The van der Waals surface area contributed by atoms with E-state index in [-0.39, 0.29) is 18.1 Å². The van der Waals surface area contributed by atoms with E-state index in [0.29, 0.717) is 39.1 Å². The average molecular weight is 493 g/mol. The molecular formula is C22H22Cl2N4O3S. The van der Waals surface area contributed by atoms with Gasteiger partial charge in [-0.3, -0.25) is 4.79 Å². The first-order valence-electron chi connectivity index (χ1n) is 10.0. The quantitative estimate of drug-likeness (QED) is 0.488. The van der Waals surface area contributed by atoms with Crippen LogP contribution in [-0.4, -0.2) is 32.5 Å². The molecule has 4 rings (SSSR count). The van der Waals surface area contributed by atoms with Gasteiger partial charge in [0, 0.05) is 17.1 Å². The zero-order valence-corrected chi connectivity index (χ0v) is 20.0. The number of nitrogens with zero attached hydrogens (tertiary/aromatic N) is 3. The molecule has 1 aliphatic rings. The van der Waals surface area contributed by atoms with E-state index in [9.17, 15) is 4.79 Å². The molecule has 0 saturated heterocycles. The van der Waals surface area contributed by atoms with Crippen molar-refractivity contribution in [2.75, 3.05) is 6.61 Å². The molecule has 0 saturated carbocycles. The van der Waals surface area contributed by atoms with Crippen LogP contribution in [0.1, 0.15) is 37.4 Å². The van der Waals surface area contributed by atoms with Crippen molar-refractivity contribution in [3.8, 4) is 11.5 Å². The molecule has 0 aliphatic carbocycles. The zero-order valence-electron chi connectivity index (χ0n) is 17.7. The highest BCUT2D eigenvalue weighted by Crippen LogP contribution is 2.36. The van der Waals surface area contributed by atoms with E-state index in [2.05, 4.69) is 15.5 Å². The number of carbonyl (C=O) groups excluding carboxylic acids is 1. The predicted octanol–water partition coefficient (Wildman–Crippen LogP) is 4.99. The molecule has 1 amide bonds. The molecule has 0 bridgehead atoms. The molecule has 0 spiro atoms. The van der Waals surface area contributed by atoms with Gasteiger partial charge in [-0.15, -0.1) is 10.2 Å². The van der Waals surface area contributed by atoms with Crippen LogP contribution in [0.25, 0.3) is 0 Å². The lowest BCUT2D eigenvalue weighted by Crippen LogP contribution is -2.33. The van der Waals surface area contributed by atoms with Crippen LogP contribution in [0.4, 0.5) is 0 Å². The monoisotopic (exact) mass is 492 g/mol. The summed E-state index contributed by atoms with van der Waals surface area (Å²) < 4.78 is 13.6. The summed E-state index contributed by atoms with van der Waals surface area (Å²) in [6, 6.07) is 12.5. The average Bonchev–Trinajstić information content (AvgIpc) is 3.13. The van der Waals surface area contributed by atoms with Gasteiger partial charge in [-0.2, -0.15) is 0 Å². The number of para-hydroxylation sites is 2. The van der Waals surface area contributed by atoms with Crippen LogP contribution >= 0.6 is 35.0 Å². The van der Waals surface area contributed by atoms with Gasteiger partial charge in [0.05, 0.1) is 11.3 Å². The Morgan fingerprint density at radius 3 is 2.69 bits per heavy atom. The number of halogens is 2. The number of rotatable bonds is 6. The van der Waals surface area contributed by atoms with Crippen molar-refractivity contribution in [3.05, 3.63) is 63.9 Å². The summed E-state index contributed by atoms with van der Waals surface area (Å²) in [6.07, 6.45) is -0.382. The Labute approximate surface area is 200 Å². The summed E-state index contributed by atoms with van der Waals surface area (Å²) in [5.41, 5.74) is 0.803. The molecule has 7 nitrogen and oxygen atoms in total. The number of hydrogen-bond donors (Lipinski definition) is 1. The summed E-state index contributed by atoms with van der Waals surface area (Å²) in [4.78, 5) is 12.8. The summed E-state index contributed by atoms with van der Waals surface area (Å²) >= 11 is 13.5. The van der Waals surface area contributed by atoms with Crippen LogP contribution in [0, 0.1) is 0 Å². The second-order valence-electron chi connectivity index (χ2n) is 7.42. The van der Waals surface area contributed by atoms with E-state index in [1.807, 2.05) is 55.8 Å². The zero-order chi connectivity index (χ0) is 22.8. The summed E-state index contributed by atoms with van der Waals surface area (Å²) in [5, 5.41) is 12.8. The largest absolute Gasteiger partial charge is 0.485 e. The molecule has 32 heavy (non-hydrogen) atoms. The number of ether oxygens (including phenoxy) is 2. The Hall–Kier alpha value is -2.42. The minimum absolute atomic E-state index is 0.135. The first-order chi connectivity index (χ1) is 15.3. The lowest BCUT2D eigenvalue weighted by atomic mass is 10.1. The standard InChI is InChI=1S/C22H22Cl2N4O3S/c1-12(15-9-8-14(23)10-16(15)24)25-21(29)13(2)32-22-27-26-20(28(22)3)19-11-30-17-6-4-5-7-18(17)31-19/h4-10,12-13,19H,11H2,1-3H3,(H,25,29)/t12-,13-,19+/m1/s1. The molecule has 1 aromatic heterocycles. The smallest absolute Gasteiger partial charge is 0.233 e. The molecule has 10 heteroatoms. The third kappa shape index (κ3) is 4.82. The molecule has 1 aliphatic heterocycles. The highest BCUT2D eigenvalue weighted by atomic mass is 35.5. The SMILES string of the molecule is C[C@@H](Sc1nnc([C@@H]2COc3ccccc3O2)n1C)C(=O)N[C@H](C)c1ccc(Cl)cc1Cl. The fourth-order valence-electron chi connectivity index (χ4n) is 3.33. The Morgan fingerprint density at radius 2 is 1.94 bits per heavy atom. The number of amides is 1. The fourth-order valence-corrected chi connectivity index (χ4v) is 4.73. The second kappa shape index (κ2) is 9.60. The molecule has 0 unspecified atom stereocenters. The van der Waals surface area contributed by atoms with Crippen LogP contribution in [0.2, 0.25) is 10.0 Å². The minimum Gasteiger partial charge on any atom is -0.485 e. The highest BCUT2D eigenvalue weighted by molar-refractivity contribution is 8.00. The number of hydrogen-bond acceptors (Lipinski definition) is 6. The lowest BCUT2D eigenvalue weighted by molar-refractivity contribution is -0.120. The minimum atomic E-state index is -0.400. The van der Waals surface area contributed by atoms with Gasteiger partial charge in [0.1, 0.15) is 6.61 Å². The summed E-state index contributed by atoms with van der Waals surface area (Å²) in [6.45, 7) is 4.03. The van der Waals surface area contributed by atoms with E-state index < -0.39 is 5.25 Å². The van der Waals surface area contributed by atoms with Crippen molar-refractivity contribution >= 4 is 40.9 Å². The van der Waals surface area contributed by atoms with Gasteiger partial charge >= 0.3 is 0 Å². The van der Waals surface area contributed by atoms with Gasteiger partial charge in [0.15, 0.2) is 28.6 Å². The number of benzene rings is 2. The van der Waals surface area contributed by atoms with E-state index in [0.717, 1.165) is 5.56 Å². The Balaban J connectivity index is 1.40. The van der Waals surface area contributed by atoms with Gasteiger partial charge in [-0.05, 0) is 43.7 Å². The third-order valence-corrected chi connectivity index (χ3v) is 6.80. The van der Waals surface area contributed by atoms with E-state index in [1.165, 1.54) is 11.8 Å². The maximum atomic E-state index is 12.8. The van der Waals surface area contributed by atoms with Gasteiger partial charge < -0.3 is 19.4 Å². The molecule has 2 aromatic carbocycles. The van der Waals surface area contributed by atoms with Gasteiger partial charge in [-0.25, -0.2) is 0 Å². The number of nitrogens with one attached hydrogen (secondary N) is 1. The summed E-state index contributed by atoms with van der Waals surface area (Å²) in [5.74, 6) is 1.88. The molecule has 0 fully saturated rings. The van der Waals surface area contributed by atoms with Gasteiger partial charge in [0.25, 0.3) is 0 Å². The van der Waals surface area contributed by atoms with Crippen molar-refractivity contribution in [3.63, 3.8) is 0 Å². The number of thioether (sulfide) groups is 1. The van der Waals surface area contributed by atoms with Crippen LogP contribution in [0.3, 0.4) is 0 Å². The Morgan fingerprint density at radius 1 is 1.19 bits per heavy atom. The highest BCUT2D eigenvalue weighted by Gasteiger charge is 2.28. The first-order valence-corrected chi connectivity index (χ1v) is 11.7. The van der Waals surface area contributed by atoms with Crippen LogP contribution in [-0.2, 0) is 11.8 Å². The molecular weight excluding hydrogens is 471 g/mol. The Kier molecular flexibility index (Phi) is 6.83. The topological polar surface area (TPSA) is 78.3 Å². The van der Waals surface area contributed by atoms with E-state index in [4.69, 9.17) is 32.7 Å². The molecule has 3 aromatic rings. The normalized spacial score (nSPS) is 17.0. The number of carbonyl (C=O) groups is 1. The van der Waals surface area contributed by atoms with Crippen molar-refractivity contribution in [2.24, 2.45) is 7.05 Å². The summed E-state index contributed by atoms with van der Waals surface area (Å²) in [7, 11) is 1.85. The van der Waals surface area contributed by atoms with E-state index >= 15 is 0 Å². The Bertz CT molecular complexity index is 1140. The van der Waals surface area contributed by atoms with Crippen LogP contribution in [0.5, 0.6) is 11.5 Å². The van der Waals surface area contributed by atoms with Crippen LogP contribution in [0.15, 0.2) is 47.6 Å². The third-order valence-electron chi connectivity index (χ3n) is 5.10. The van der Waals surface area contributed by atoms with Gasteiger partial charge in [0.2, 0.25) is 5.91 Å². The number of aromatic nitrogens is 3. The first kappa shape index (κ1) is 22.8. The predicted molar refractivity (Wildman–Crippen MR) is 125 cm³/mol. The molecule has 1 N–H and O–H groups in total. The van der Waals surface area contributed by atoms with Crippen molar-refractivity contribution in [2.45, 2.75) is 36.4 Å².